The van der Waals surface area contributed by atoms with Crippen LogP contribution >= 0.6 is 0 Å². The van der Waals surface area contributed by atoms with Gasteiger partial charge in [-0.3, -0.25) is 9.69 Å². The number of carbonyl (C=O) groups excluding carboxylic acids is 1. The molecule has 2 aromatic carbocycles. The van der Waals surface area contributed by atoms with Crippen LogP contribution in [0.2, 0.25) is 0 Å². The zero-order valence-electron chi connectivity index (χ0n) is 13.7. The molecule has 0 fully saturated rings. The predicted molar refractivity (Wildman–Crippen MR) is 92.9 cm³/mol. The average molecular weight is 326 g/mol. The van der Waals surface area contributed by atoms with E-state index < -0.39 is 12.1 Å². The van der Waals surface area contributed by atoms with Crippen molar-refractivity contribution in [3.63, 3.8) is 0 Å². The number of hydrogen-bond acceptors (Lipinski definition) is 3. The van der Waals surface area contributed by atoms with Gasteiger partial charge in [-0.2, -0.15) is 0 Å². The van der Waals surface area contributed by atoms with Gasteiger partial charge in [0, 0.05) is 6.54 Å². The molecule has 0 radical (unpaired) electrons. The van der Waals surface area contributed by atoms with Crippen molar-refractivity contribution in [3.8, 4) is 0 Å². The van der Waals surface area contributed by atoms with E-state index in [-0.39, 0.29) is 12.3 Å². The number of hydrogen-bond donors (Lipinski definition) is 2. The molecular formula is C19H22N2O3. The van der Waals surface area contributed by atoms with Crippen LogP contribution in [0.3, 0.4) is 0 Å². The maximum Gasteiger partial charge on any atom is 0.405 e. The van der Waals surface area contributed by atoms with Gasteiger partial charge in [-0.25, -0.2) is 4.79 Å². The van der Waals surface area contributed by atoms with Gasteiger partial charge in [-0.05, 0) is 24.6 Å². The summed E-state index contributed by atoms with van der Waals surface area (Å²) in [5, 5.41) is 11.3. The molecule has 0 saturated heterocycles. The monoisotopic (exact) mass is 326 g/mol. The number of nitrogens with one attached hydrogen (secondary N) is 1. The summed E-state index contributed by atoms with van der Waals surface area (Å²) >= 11 is 0. The Hall–Kier alpha value is -2.66. The summed E-state index contributed by atoms with van der Waals surface area (Å²) in [6, 6.07) is 18.5. The first-order valence-electron chi connectivity index (χ1n) is 7.83. The maximum absolute atomic E-state index is 12.5. The minimum absolute atomic E-state index is 0.139. The number of carbonyl (C=O) groups is 2. The van der Waals surface area contributed by atoms with Gasteiger partial charge in [0.15, 0.2) is 5.78 Å². The quantitative estimate of drug-likeness (QED) is 0.782. The largest absolute Gasteiger partial charge is 0.465 e. The minimum Gasteiger partial charge on any atom is -0.465 e. The number of Topliss-reactive ketones (excluding diaryl/α,β-unsaturated/α-hetero) is 1. The zero-order chi connectivity index (χ0) is 17.4. The molecule has 1 atom stereocenters. The van der Waals surface area contributed by atoms with Crippen molar-refractivity contribution in [1.29, 1.82) is 0 Å². The number of amides is 1. The van der Waals surface area contributed by atoms with Crippen molar-refractivity contribution < 1.29 is 14.7 Å². The van der Waals surface area contributed by atoms with Gasteiger partial charge in [0.05, 0.1) is 12.6 Å². The Morgan fingerprint density at radius 3 is 2.08 bits per heavy atom. The lowest BCUT2D eigenvalue weighted by molar-refractivity contribution is -0.121. The van der Waals surface area contributed by atoms with E-state index in [2.05, 4.69) is 5.32 Å². The lowest BCUT2D eigenvalue weighted by atomic mass is 10.0. The Balaban J connectivity index is 1.97. The van der Waals surface area contributed by atoms with Crippen LogP contribution in [-0.2, 0) is 17.8 Å². The molecule has 0 aromatic heterocycles. The molecule has 2 N–H and O–H groups in total. The molecule has 0 spiro atoms. The lowest BCUT2D eigenvalue weighted by Crippen LogP contribution is -2.45. The average Bonchev–Trinajstić information content (AvgIpc) is 2.55. The third-order valence-electron chi connectivity index (χ3n) is 3.69. The summed E-state index contributed by atoms with van der Waals surface area (Å²) in [6.45, 7) is 0.824. The third kappa shape index (κ3) is 5.85. The molecule has 0 heterocycles. The molecule has 0 aliphatic carbocycles. The summed E-state index contributed by atoms with van der Waals surface area (Å²) in [5.74, 6) is -0.139. The second kappa shape index (κ2) is 8.84. The zero-order valence-corrected chi connectivity index (χ0v) is 13.7. The fourth-order valence-electron chi connectivity index (χ4n) is 2.57. The summed E-state index contributed by atoms with van der Waals surface area (Å²) in [7, 11) is 1.85. The van der Waals surface area contributed by atoms with Gasteiger partial charge in [-0.15, -0.1) is 0 Å². The van der Waals surface area contributed by atoms with E-state index in [1.807, 2.05) is 72.6 Å². The Labute approximate surface area is 141 Å². The van der Waals surface area contributed by atoms with Crippen molar-refractivity contribution in [2.45, 2.75) is 19.0 Å². The second-order valence-corrected chi connectivity index (χ2v) is 5.82. The van der Waals surface area contributed by atoms with Gasteiger partial charge in [0.25, 0.3) is 0 Å². The smallest absolute Gasteiger partial charge is 0.405 e. The molecule has 24 heavy (non-hydrogen) atoms. The van der Waals surface area contributed by atoms with E-state index in [1.165, 1.54) is 0 Å². The first kappa shape index (κ1) is 17.7. The highest BCUT2D eigenvalue weighted by Gasteiger charge is 2.22. The van der Waals surface area contributed by atoms with Crippen LogP contribution in [0.5, 0.6) is 0 Å². The Kier molecular flexibility index (Phi) is 6.51. The van der Waals surface area contributed by atoms with Crippen LogP contribution in [0, 0.1) is 0 Å². The van der Waals surface area contributed by atoms with Gasteiger partial charge < -0.3 is 10.4 Å². The van der Waals surface area contributed by atoms with Gasteiger partial charge in [0.1, 0.15) is 0 Å². The minimum atomic E-state index is -1.19. The third-order valence-corrected chi connectivity index (χ3v) is 3.69. The highest BCUT2D eigenvalue weighted by atomic mass is 16.4. The van der Waals surface area contributed by atoms with Crippen molar-refractivity contribution in [2.24, 2.45) is 0 Å². The van der Waals surface area contributed by atoms with Crippen molar-refractivity contribution in [3.05, 3.63) is 71.8 Å². The van der Waals surface area contributed by atoms with Crippen molar-refractivity contribution >= 4 is 11.9 Å². The van der Waals surface area contributed by atoms with E-state index >= 15 is 0 Å². The molecule has 5 nitrogen and oxygen atoms in total. The Morgan fingerprint density at radius 2 is 1.54 bits per heavy atom. The first-order chi connectivity index (χ1) is 11.5. The van der Waals surface area contributed by atoms with E-state index in [1.54, 1.807) is 0 Å². The summed E-state index contributed by atoms with van der Waals surface area (Å²) < 4.78 is 0. The van der Waals surface area contributed by atoms with Gasteiger partial charge >= 0.3 is 6.09 Å². The van der Waals surface area contributed by atoms with E-state index in [0.717, 1.165) is 11.1 Å². The van der Waals surface area contributed by atoms with Crippen LogP contribution < -0.4 is 5.32 Å². The molecule has 5 heteroatoms. The first-order valence-corrected chi connectivity index (χ1v) is 7.83. The highest BCUT2D eigenvalue weighted by molar-refractivity contribution is 5.88. The SMILES string of the molecule is CN(CC(=O)C(Cc1ccccc1)NC(=O)O)Cc1ccccc1. The Bertz CT molecular complexity index is 659. The molecule has 0 saturated carbocycles. The van der Waals surface area contributed by atoms with Crippen LogP contribution in [0.25, 0.3) is 0 Å². The number of carboxylic acid groups (broad SMARTS) is 1. The van der Waals surface area contributed by atoms with Crippen LogP contribution in [0.1, 0.15) is 11.1 Å². The Morgan fingerprint density at radius 1 is 1.00 bits per heavy atom. The molecule has 1 amide bonds. The van der Waals surface area contributed by atoms with Gasteiger partial charge in [-0.1, -0.05) is 60.7 Å². The molecule has 126 valence electrons. The predicted octanol–water partition coefficient (Wildman–Crippen LogP) is 2.57. The van der Waals surface area contributed by atoms with E-state index in [0.29, 0.717) is 13.0 Å². The second-order valence-electron chi connectivity index (χ2n) is 5.82. The van der Waals surface area contributed by atoms with Crippen molar-refractivity contribution in [1.82, 2.24) is 10.2 Å². The fraction of sp³-hybridized carbons (Fsp3) is 0.263. The number of ketones is 1. The van der Waals surface area contributed by atoms with Crippen LogP contribution in [0.4, 0.5) is 4.79 Å². The van der Waals surface area contributed by atoms with Gasteiger partial charge in [0.2, 0.25) is 0 Å². The molecule has 2 rings (SSSR count). The molecule has 1 unspecified atom stereocenters. The molecule has 2 aromatic rings. The fourth-order valence-corrected chi connectivity index (χ4v) is 2.57. The molecular weight excluding hydrogens is 304 g/mol. The number of rotatable bonds is 8. The number of benzene rings is 2. The summed E-state index contributed by atoms with van der Waals surface area (Å²) in [6.07, 6.45) is -0.833. The summed E-state index contributed by atoms with van der Waals surface area (Å²) in [4.78, 5) is 25.4. The summed E-state index contributed by atoms with van der Waals surface area (Å²) in [5.41, 5.74) is 2.04. The molecule has 0 aliphatic rings. The maximum atomic E-state index is 12.5. The number of nitrogens with zero attached hydrogens (tertiary/aromatic N) is 1. The number of likely N-dealkylation sites (N-methyl/N-ethyl adjacent to an activating group) is 1. The molecule has 0 bridgehead atoms. The van der Waals surface area contributed by atoms with Crippen molar-refractivity contribution in [2.75, 3.05) is 13.6 Å². The van der Waals surface area contributed by atoms with Crippen LogP contribution in [-0.4, -0.2) is 41.5 Å². The highest BCUT2D eigenvalue weighted by Crippen LogP contribution is 2.07. The molecule has 0 aliphatic heterocycles. The lowest BCUT2D eigenvalue weighted by Gasteiger charge is -2.21. The topological polar surface area (TPSA) is 69.6 Å². The van der Waals surface area contributed by atoms with Crippen LogP contribution in [0.15, 0.2) is 60.7 Å². The standard InChI is InChI=1S/C19H22N2O3/c1-21(13-16-10-6-3-7-11-16)14-18(22)17(20-19(23)24)12-15-8-4-2-5-9-15/h2-11,17,20H,12-14H2,1H3,(H,23,24). The van der Waals surface area contributed by atoms with E-state index in [9.17, 15) is 9.59 Å². The normalized spacial score (nSPS) is 11.9. The van der Waals surface area contributed by atoms with E-state index in [4.69, 9.17) is 5.11 Å².